The van der Waals surface area contributed by atoms with Crippen LogP contribution in [0.4, 0.5) is 18.9 Å². The maximum absolute atomic E-state index is 12.4. The number of nitrogens with zero attached hydrogens (tertiary/aromatic N) is 1. The van der Waals surface area contributed by atoms with Gasteiger partial charge < -0.3 is 10.4 Å². The molecule has 22 heavy (non-hydrogen) atoms. The van der Waals surface area contributed by atoms with Crippen molar-refractivity contribution < 1.29 is 23.1 Å². The number of aliphatic hydroxyl groups excluding tert-OH is 1. The molecule has 0 aliphatic carbocycles. The first-order chi connectivity index (χ1) is 10.3. The summed E-state index contributed by atoms with van der Waals surface area (Å²) >= 11 is 0. The van der Waals surface area contributed by atoms with E-state index in [0.717, 1.165) is 24.3 Å². The van der Waals surface area contributed by atoms with Crippen LogP contribution in [0.3, 0.4) is 0 Å². The van der Waals surface area contributed by atoms with Crippen LogP contribution in [0, 0.1) is 11.3 Å². The molecule has 0 saturated carbocycles. The Morgan fingerprint density at radius 2 is 1.95 bits per heavy atom. The van der Waals surface area contributed by atoms with Crippen molar-refractivity contribution in [3.8, 4) is 6.07 Å². The number of alkyl halides is 3. The molecule has 0 bridgehead atoms. The zero-order valence-electron chi connectivity index (χ0n) is 11.4. The molecule has 0 aromatic heterocycles. The van der Waals surface area contributed by atoms with Gasteiger partial charge in [-0.25, -0.2) is 0 Å². The number of amides is 1. The average Bonchev–Trinajstić information content (AvgIpc) is 2.45. The number of nitriles is 1. The fraction of sp³-hybridized carbons (Fsp3) is 0.200. The number of anilines is 1. The number of hydrogen-bond donors (Lipinski definition) is 2. The standard InChI is InChI=1S/C15H13F3N2O2/c1-2-3-4-13(21)12(9-19)14(22)20-11-7-5-10(6-8-11)15(16,17)18/h2,5-8,21H,1,3-4H2,(H,20,22). The Morgan fingerprint density at radius 3 is 2.41 bits per heavy atom. The van der Waals surface area contributed by atoms with E-state index in [9.17, 15) is 23.1 Å². The molecule has 2 N–H and O–H groups in total. The molecule has 0 spiro atoms. The number of allylic oxidation sites excluding steroid dienone is 2. The number of benzene rings is 1. The number of aliphatic hydroxyl groups is 1. The average molecular weight is 310 g/mol. The van der Waals surface area contributed by atoms with Gasteiger partial charge in [-0.2, -0.15) is 18.4 Å². The molecule has 1 aromatic rings. The van der Waals surface area contributed by atoms with Crippen LogP contribution in [-0.2, 0) is 11.0 Å². The van der Waals surface area contributed by atoms with Crippen molar-refractivity contribution in [3.63, 3.8) is 0 Å². The largest absolute Gasteiger partial charge is 0.511 e. The smallest absolute Gasteiger partial charge is 0.416 e. The second-order valence-corrected chi connectivity index (χ2v) is 4.29. The Morgan fingerprint density at radius 1 is 1.36 bits per heavy atom. The molecule has 0 fully saturated rings. The number of carbonyl (C=O) groups is 1. The van der Waals surface area contributed by atoms with Gasteiger partial charge >= 0.3 is 6.18 Å². The lowest BCUT2D eigenvalue weighted by molar-refractivity contribution is -0.137. The van der Waals surface area contributed by atoms with Gasteiger partial charge in [-0.05, 0) is 30.7 Å². The summed E-state index contributed by atoms with van der Waals surface area (Å²) in [4.78, 5) is 11.8. The van der Waals surface area contributed by atoms with Crippen LogP contribution in [0.1, 0.15) is 18.4 Å². The van der Waals surface area contributed by atoms with E-state index < -0.39 is 29.0 Å². The van der Waals surface area contributed by atoms with Crippen molar-refractivity contribution in [2.24, 2.45) is 0 Å². The highest BCUT2D eigenvalue weighted by Crippen LogP contribution is 2.29. The first-order valence-corrected chi connectivity index (χ1v) is 6.21. The van der Waals surface area contributed by atoms with Gasteiger partial charge in [0, 0.05) is 12.1 Å². The molecule has 0 heterocycles. The minimum atomic E-state index is -4.47. The van der Waals surface area contributed by atoms with Gasteiger partial charge in [0.25, 0.3) is 5.91 Å². The molecule has 7 heteroatoms. The number of rotatable bonds is 5. The Kier molecular flexibility index (Phi) is 5.75. The molecule has 0 radical (unpaired) electrons. The third-order valence-electron chi connectivity index (χ3n) is 2.68. The Balaban J connectivity index is 2.87. The second-order valence-electron chi connectivity index (χ2n) is 4.29. The predicted molar refractivity (Wildman–Crippen MR) is 74.8 cm³/mol. The molecule has 0 aliphatic rings. The molecule has 4 nitrogen and oxygen atoms in total. The van der Waals surface area contributed by atoms with Crippen LogP contribution in [0.15, 0.2) is 48.3 Å². The SMILES string of the molecule is C=CCCC(O)=C(C#N)C(=O)Nc1ccc(C(F)(F)F)cc1. The van der Waals surface area contributed by atoms with Gasteiger partial charge in [0.15, 0.2) is 5.57 Å². The van der Waals surface area contributed by atoms with E-state index in [2.05, 4.69) is 11.9 Å². The topological polar surface area (TPSA) is 73.1 Å². The summed E-state index contributed by atoms with van der Waals surface area (Å²) in [6.07, 6.45) is -2.50. The van der Waals surface area contributed by atoms with Crippen LogP contribution >= 0.6 is 0 Å². The Labute approximate surface area is 125 Å². The third kappa shape index (κ3) is 4.66. The molecule has 1 amide bonds. The molecular formula is C15H13F3N2O2. The maximum atomic E-state index is 12.4. The molecule has 0 atom stereocenters. The quantitative estimate of drug-likeness (QED) is 0.374. The van der Waals surface area contributed by atoms with Gasteiger partial charge in [0.2, 0.25) is 0 Å². The highest BCUT2D eigenvalue weighted by Gasteiger charge is 2.30. The van der Waals surface area contributed by atoms with E-state index in [-0.39, 0.29) is 12.1 Å². The fourth-order valence-corrected chi connectivity index (χ4v) is 1.55. The lowest BCUT2D eigenvalue weighted by Gasteiger charge is -2.09. The summed E-state index contributed by atoms with van der Waals surface area (Å²) in [5.74, 6) is -1.28. The summed E-state index contributed by atoms with van der Waals surface area (Å²) in [6, 6.07) is 5.32. The van der Waals surface area contributed by atoms with Gasteiger partial charge in [-0.1, -0.05) is 6.08 Å². The fourth-order valence-electron chi connectivity index (χ4n) is 1.55. The highest BCUT2D eigenvalue weighted by molar-refractivity contribution is 6.06. The molecule has 1 rings (SSSR count). The number of carbonyl (C=O) groups excluding carboxylic acids is 1. The van der Waals surface area contributed by atoms with Crippen LogP contribution < -0.4 is 5.32 Å². The Hall–Kier alpha value is -2.75. The van der Waals surface area contributed by atoms with E-state index in [1.807, 2.05) is 0 Å². The van der Waals surface area contributed by atoms with E-state index in [0.29, 0.717) is 6.42 Å². The van der Waals surface area contributed by atoms with E-state index in [1.165, 1.54) is 6.08 Å². The molecular weight excluding hydrogens is 297 g/mol. The summed E-state index contributed by atoms with van der Waals surface area (Å²) in [5.41, 5.74) is -1.25. The maximum Gasteiger partial charge on any atom is 0.416 e. The summed E-state index contributed by atoms with van der Waals surface area (Å²) < 4.78 is 37.2. The van der Waals surface area contributed by atoms with Crippen LogP contribution in [0.5, 0.6) is 0 Å². The van der Waals surface area contributed by atoms with Crippen molar-refractivity contribution in [2.45, 2.75) is 19.0 Å². The Bertz CT molecular complexity index is 626. The zero-order chi connectivity index (χ0) is 16.8. The minimum Gasteiger partial charge on any atom is -0.511 e. The third-order valence-corrected chi connectivity index (χ3v) is 2.68. The van der Waals surface area contributed by atoms with Gasteiger partial charge in [-0.15, -0.1) is 6.58 Å². The summed E-state index contributed by atoms with van der Waals surface area (Å²) in [7, 11) is 0. The lowest BCUT2D eigenvalue weighted by Crippen LogP contribution is -2.15. The van der Waals surface area contributed by atoms with Crippen LogP contribution in [0.2, 0.25) is 0 Å². The van der Waals surface area contributed by atoms with Crippen molar-refractivity contribution in [1.82, 2.24) is 0 Å². The highest BCUT2D eigenvalue weighted by atomic mass is 19.4. The number of hydrogen-bond acceptors (Lipinski definition) is 3. The monoisotopic (exact) mass is 310 g/mol. The lowest BCUT2D eigenvalue weighted by atomic mass is 10.1. The van der Waals surface area contributed by atoms with E-state index in [4.69, 9.17) is 5.26 Å². The predicted octanol–water partition coefficient (Wildman–Crippen LogP) is 3.95. The molecule has 0 saturated heterocycles. The minimum absolute atomic E-state index is 0.0762. The molecule has 0 unspecified atom stereocenters. The second kappa shape index (κ2) is 7.31. The number of halogens is 3. The molecule has 0 aliphatic heterocycles. The summed E-state index contributed by atoms with van der Waals surface area (Å²) in [6.45, 7) is 3.45. The first-order valence-electron chi connectivity index (χ1n) is 6.21. The number of nitrogens with one attached hydrogen (secondary N) is 1. The van der Waals surface area contributed by atoms with Gasteiger partial charge in [0.1, 0.15) is 11.8 Å². The first kappa shape index (κ1) is 17.3. The van der Waals surface area contributed by atoms with Crippen molar-refractivity contribution >= 4 is 11.6 Å². The molecule has 116 valence electrons. The van der Waals surface area contributed by atoms with Crippen molar-refractivity contribution in [1.29, 1.82) is 5.26 Å². The van der Waals surface area contributed by atoms with Gasteiger partial charge in [-0.3, -0.25) is 4.79 Å². The zero-order valence-corrected chi connectivity index (χ0v) is 11.4. The van der Waals surface area contributed by atoms with Crippen molar-refractivity contribution in [3.05, 3.63) is 53.8 Å². The van der Waals surface area contributed by atoms with Crippen LogP contribution in [0.25, 0.3) is 0 Å². The normalized spacial score (nSPS) is 12.1. The van der Waals surface area contributed by atoms with Crippen molar-refractivity contribution in [2.75, 3.05) is 5.32 Å². The van der Waals surface area contributed by atoms with Crippen LogP contribution in [-0.4, -0.2) is 11.0 Å². The van der Waals surface area contributed by atoms with Gasteiger partial charge in [0.05, 0.1) is 5.56 Å². The van der Waals surface area contributed by atoms with E-state index in [1.54, 1.807) is 6.07 Å². The van der Waals surface area contributed by atoms with E-state index >= 15 is 0 Å². The summed E-state index contributed by atoms with van der Waals surface area (Å²) in [5, 5.41) is 20.8. The molecule has 1 aromatic carbocycles.